The van der Waals surface area contributed by atoms with Crippen molar-refractivity contribution in [2.75, 3.05) is 33.0 Å². The Hall–Kier alpha value is -0.870. The van der Waals surface area contributed by atoms with Crippen molar-refractivity contribution < 1.29 is 13.2 Å². The maximum Gasteiger partial charge on any atom is 0.190 e. The molecule has 1 aliphatic rings. The fraction of sp³-hybridized carbons (Fsp3) is 0.667. The number of sulfone groups is 1. The van der Waals surface area contributed by atoms with Gasteiger partial charge < -0.3 is 15.4 Å². The summed E-state index contributed by atoms with van der Waals surface area (Å²) in [5.41, 5.74) is 1.09. The summed E-state index contributed by atoms with van der Waals surface area (Å²) in [6.07, 6.45) is 8.59. The predicted octanol–water partition coefficient (Wildman–Crippen LogP) is 3.40. The molecule has 1 aromatic carbocycles. The summed E-state index contributed by atoms with van der Waals surface area (Å²) in [6, 6.07) is 7.05. The SMILES string of the molecule is CCOC(CCNC(=NC)NCCc1ccc(S(C)(=O)=O)cc1)C1CCCC1.I. The molecule has 29 heavy (non-hydrogen) atoms. The van der Waals surface area contributed by atoms with Gasteiger partial charge in [-0.05, 0) is 56.2 Å². The molecule has 0 amide bonds. The van der Waals surface area contributed by atoms with Gasteiger partial charge in [0, 0.05) is 33.0 Å². The molecule has 1 saturated carbocycles. The van der Waals surface area contributed by atoms with Crippen molar-refractivity contribution in [1.82, 2.24) is 10.6 Å². The fourth-order valence-electron chi connectivity index (χ4n) is 3.78. The molecule has 0 bridgehead atoms. The third-order valence-corrected chi connectivity index (χ3v) is 6.44. The topological polar surface area (TPSA) is 79.8 Å². The van der Waals surface area contributed by atoms with E-state index in [9.17, 15) is 8.42 Å². The molecule has 8 heteroatoms. The van der Waals surface area contributed by atoms with E-state index in [-0.39, 0.29) is 24.0 Å². The van der Waals surface area contributed by atoms with Crippen molar-refractivity contribution in [3.63, 3.8) is 0 Å². The zero-order chi connectivity index (χ0) is 20.4. The normalized spacial score (nSPS) is 16.3. The van der Waals surface area contributed by atoms with Gasteiger partial charge in [0.25, 0.3) is 0 Å². The molecule has 0 aromatic heterocycles. The third kappa shape index (κ3) is 9.21. The Morgan fingerprint density at radius 1 is 1.17 bits per heavy atom. The lowest BCUT2D eigenvalue weighted by Crippen LogP contribution is -2.40. The summed E-state index contributed by atoms with van der Waals surface area (Å²) in [5, 5.41) is 6.69. The van der Waals surface area contributed by atoms with E-state index in [1.54, 1.807) is 19.2 Å². The Balaban J connectivity index is 0.00000420. The number of halogens is 1. The van der Waals surface area contributed by atoms with Gasteiger partial charge >= 0.3 is 0 Å². The Labute approximate surface area is 193 Å². The molecule has 1 aromatic rings. The molecule has 1 unspecified atom stereocenters. The summed E-state index contributed by atoms with van der Waals surface area (Å²) in [7, 11) is -1.37. The number of aliphatic imine (C=N–C) groups is 1. The number of hydrogen-bond donors (Lipinski definition) is 2. The first-order chi connectivity index (χ1) is 13.4. The summed E-state index contributed by atoms with van der Waals surface area (Å²) in [5.74, 6) is 1.49. The maximum atomic E-state index is 11.5. The molecule has 1 aliphatic carbocycles. The molecule has 2 rings (SSSR count). The van der Waals surface area contributed by atoms with Gasteiger partial charge in [0.05, 0.1) is 11.0 Å². The van der Waals surface area contributed by atoms with E-state index in [1.807, 2.05) is 12.1 Å². The highest BCUT2D eigenvalue weighted by atomic mass is 127. The molecule has 0 spiro atoms. The Morgan fingerprint density at radius 2 is 1.79 bits per heavy atom. The van der Waals surface area contributed by atoms with Gasteiger partial charge in [-0.2, -0.15) is 0 Å². The number of nitrogens with one attached hydrogen (secondary N) is 2. The highest BCUT2D eigenvalue weighted by molar-refractivity contribution is 14.0. The first kappa shape index (κ1) is 26.2. The molecule has 1 atom stereocenters. The van der Waals surface area contributed by atoms with Crippen molar-refractivity contribution in [2.24, 2.45) is 10.9 Å². The predicted molar refractivity (Wildman–Crippen MR) is 130 cm³/mol. The van der Waals surface area contributed by atoms with Gasteiger partial charge in [0.2, 0.25) is 0 Å². The number of guanidine groups is 1. The highest BCUT2D eigenvalue weighted by Gasteiger charge is 2.25. The van der Waals surface area contributed by atoms with Crippen molar-refractivity contribution in [3.8, 4) is 0 Å². The first-order valence-corrected chi connectivity index (χ1v) is 12.2. The molecule has 0 radical (unpaired) electrons. The van der Waals surface area contributed by atoms with Crippen LogP contribution in [-0.4, -0.2) is 53.5 Å². The van der Waals surface area contributed by atoms with Crippen LogP contribution in [0.5, 0.6) is 0 Å². The molecule has 0 saturated heterocycles. The van der Waals surface area contributed by atoms with Crippen LogP contribution in [0.4, 0.5) is 0 Å². The number of hydrogen-bond acceptors (Lipinski definition) is 4. The van der Waals surface area contributed by atoms with Crippen LogP contribution in [0.25, 0.3) is 0 Å². The van der Waals surface area contributed by atoms with Gasteiger partial charge in [0.15, 0.2) is 15.8 Å². The first-order valence-electron chi connectivity index (χ1n) is 10.3. The second-order valence-electron chi connectivity index (χ2n) is 7.42. The molecule has 2 N–H and O–H groups in total. The summed E-state index contributed by atoms with van der Waals surface area (Å²) in [6.45, 7) is 4.41. The van der Waals surface area contributed by atoms with Crippen molar-refractivity contribution in [2.45, 2.75) is 56.4 Å². The Bertz CT molecular complexity index is 717. The average Bonchev–Trinajstić information content (AvgIpc) is 3.20. The molecular weight excluding hydrogens is 501 g/mol. The minimum Gasteiger partial charge on any atom is -0.378 e. The molecule has 0 heterocycles. The Kier molecular flexibility index (Phi) is 12.1. The minimum atomic E-state index is -3.14. The van der Waals surface area contributed by atoms with E-state index in [0.717, 1.165) is 44.1 Å². The van der Waals surface area contributed by atoms with Gasteiger partial charge in [0.1, 0.15) is 0 Å². The second-order valence-corrected chi connectivity index (χ2v) is 9.43. The van der Waals surface area contributed by atoms with E-state index in [2.05, 4.69) is 22.5 Å². The van der Waals surface area contributed by atoms with Crippen LogP contribution in [0.15, 0.2) is 34.2 Å². The zero-order valence-corrected chi connectivity index (χ0v) is 21.0. The molecule has 0 aliphatic heterocycles. The average molecular weight is 538 g/mol. The van der Waals surface area contributed by atoms with Gasteiger partial charge in [-0.1, -0.05) is 25.0 Å². The van der Waals surface area contributed by atoms with Gasteiger partial charge in [-0.3, -0.25) is 4.99 Å². The van der Waals surface area contributed by atoms with E-state index in [4.69, 9.17) is 4.74 Å². The molecule has 166 valence electrons. The molecule has 6 nitrogen and oxygen atoms in total. The van der Waals surface area contributed by atoms with Crippen molar-refractivity contribution >= 4 is 39.8 Å². The lowest BCUT2D eigenvalue weighted by molar-refractivity contribution is 0.0169. The van der Waals surface area contributed by atoms with E-state index in [0.29, 0.717) is 16.9 Å². The molecular formula is C21H36IN3O3S. The number of rotatable bonds is 10. The largest absolute Gasteiger partial charge is 0.378 e. The summed E-state index contributed by atoms with van der Waals surface area (Å²) >= 11 is 0. The van der Waals surface area contributed by atoms with Crippen LogP contribution < -0.4 is 10.6 Å². The van der Waals surface area contributed by atoms with Crippen LogP contribution in [-0.2, 0) is 21.0 Å². The van der Waals surface area contributed by atoms with E-state index < -0.39 is 9.84 Å². The van der Waals surface area contributed by atoms with E-state index in [1.165, 1.54) is 31.9 Å². The maximum absolute atomic E-state index is 11.5. The van der Waals surface area contributed by atoms with Crippen LogP contribution in [0, 0.1) is 5.92 Å². The second kappa shape index (κ2) is 13.4. The highest BCUT2D eigenvalue weighted by Crippen LogP contribution is 2.30. The van der Waals surface area contributed by atoms with Crippen LogP contribution in [0.2, 0.25) is 0 Å². The van der Waals surface area contributed by atoms with Crippen LogP contribution in [0.3, 0.4) is 0 Å². The number of nitrogens with zero attached hydrogens (tertiary/aromatic N) is 1. The van der Waals surface area contributed by atoms with Gasteiger partial charge in [-0.15, -0.1) is 24.0 Å². The van der Waals surface area contributed by atoms with Crippen molar-refractivity contribution in [1.29, 1.82) is 0 Å². The lowest BCUT2D eigenvalue weighted by atomic mass is 9.98. The van der Waals surface area contributed by atoms with E-state index >= 15 is 0 Å². The summed E-state index contributed by atoms with van der Waals surface area (Å²) in [4.78, 5) is 4.63. The summed E-state index contributed by atoms with van der Waals surface area (Å²) < 4.78 is 29.0. The monoisotopic (exact) mass is 537 g/mol. The fourth-order valence-corrected chi connectivity index (χ4v) is 4.41. The van der Waals surface area contributed by atoms with Gasteiger partial charge in [-0.25, -0.2) is 8.42 Å². The number of ether oxygens (including phenoxy) is 1. The third-order valence-electron chi connectivity index (χ3n) is 5.31. The Morgan fingerprint density at radius 3 is 2.34 bits per heavy atom. The smallest absolute Gasteiger partial charge is 0.190 e. The standard InChI is InChI=1S/C21H35N3O3S.HI/c1-4-27-20(18-7-5-6-8-18)14-16-24-21(22-2)23-15-13-17-9-11-19(12-10-17)28(3,25)26;/h9-12,18,20H,4-8,13-16H2,1-3H3,(H2,22,23,24);1H. The van der Waals surface area contributed by atoms with Crippen molar-refractivity contribution in [3.05, 3.63) is 29.8 Å². The number of benzene rings is 1. The molecule has 1 fully saturated rings. The van der Waals surface area contributed by atoms with Crippen LogP contribution >= 0.6 is 24.0 Å². The lowest BCUT2D eigenvalue weighted by Gasteiger charge is -2.24. The quantitative estimate of drug-likeness (QED) is 0.272. The zero-order valence-electron chi connectivity index (χ0n) is 17.8. The van der Waals surface area contributed by atoms with Crippen LogP contribution in [0.1, 0.15) is 44.6 Å². The minimum absolute atomic E-state index is 0.